The summed E-state index contributed by atoms with van der Waals surface area (Å²) in [7, 11) is 0. The molecule has 0 rings (SSSR count). The van der Waals surface area contributed by atoms with Crippen molar-refractivity contribution in [2.75, 3.05) is 13.2 Å². The molecule has 0 aromatic rings. The Hall–Kier alpha value is -4.19. The molecule has 0 aliphatic heterocycles. The highest BCUT2D eigenvalue weighted by molar-refractivity contribution is 5.71. The van der Waals surface area contributed by atoms with Crippen LogP contribution in [0.15, 0.2) is 122 Å². The first-order valence-electron chi connectivity index (χ1n) is 31.5. The molecular formula is C70H116O6. The first-order valence-corrected chi connectivity index (χ1v) is 31.5. The van der Waals surface area contributed by atoms with E-state index in [1.807, 2.05) is 0 Å². The predicted molar refractivity (Wildman–Crippen MR) is 330 cm³/mol. The van der Waals surface area contributed by atoms with Gasteiger partial charge in [-0.2, -0.15) is 0 Å². The van der Waals surface area contributed by atoms with Gasteiger partial charge in [0.15, 0.2) is 6.10 Å². The first kappa shape index (κ1) is 71.8. The molecule has 0 radical (unpaired) electrons. The number of carbonyl (C=O) groups excluding carboxylic acids is 3. The molecule has 0 aromatic heterocycles. The van der Waals surface area contributed by atoms with Gasteiger partial charge >= 0.3 is 17.9 Å². The molecule has 6 nitrogen and oxygen atoms in total. The van der Waals surface area contributed by atoms with Crippen LogP contribution in [-0.2, 0) is 28.6 Å². The number of unbranched alkanes of at least 4 members (excludes halogenated alkanes) is 25. The van der Waals surface area contributed by atoms with Crippen LogP contribution in [0.1, 0.15) is 284 Å². The zero-order valence-corrected chi connectivity index (χ0v) is 49.5. The lowest BCUT2D eigenvalue weighted by Crippen LogP contribution is -2.30. The van der Waals surface area contributed by atoms with Crippen molar-refractivity contribution in [3.8, 4) is 0 Å². The fraction of sp³-hybridized carbons (Fsp3) is 0.671. The van der Waals surface area contributed by atoms with Crippen molar-refractivity contribution in [3.63, 3.8) is 0 Å². The molecule has 0 aromatic carbocycles. The van der Waals surface area contributed by atoms with E-state index >= 15 is 0 Å². The van der Waals surface area contributed by atoms with Gasteiger partial charge in [0.2, 0.25) is 0 Å². The Balaban J connectivity index is 4.10. The van der Waals surface area contributed by atoms with Crippen molar-refractivity contribution in [1.82, 2.24) is 0 Å². The van der Waals surface area contributed by atoms with Crippen LogP contribution in [0.4, 0.5) is 0 Å². The molecule has 0 bridgehead atoms. The normalized spacial score (nSPS) is 12.9. The third-order valence-electron chi connectivity index (χ3n) is 13.2. The van der Waals surface area contributed by atoms with Gasteiger partial charge in [-0.25, -0.2) is 0 Å². The number of ether oxygens (including phenoxy) is 3. The van der Waals surface area contributed by atoms with Crippen LogP contribution >= 0.6 is 0 Å². The van der Waals surface area contributed by atoms with Gasteiger partial charge in [0.1, 0.15) is 13.2 Å². The minimum atomic E-state index is -0.782. The fourth-order valence-corrected chi connectivity index (χ4v) is 8.56. The third kappa shape index (κ3) is 60.7. The molecule has 0 fully saturated rings. The highest BCUT2D eigenvalue weighted by atomic mass is 16.6. The van der Waals surface area contributed by atoms with Gasteiger partial charge in [-0.1, -0.05) is 277 Å². The molecule has 0 aliphatic carbocycles. The van der Waals surface area contributed by atoms with Crippen LogP contribution in [0, 0.1) is 0 Å². The average Bonchev–Trinajstić information content (AvgIpc) is 3.42. The topological polar surface area (TPSA) is 78.9 Å². The minimum absolute atomic E-state index is 0.0823. The molecule has 76 heavy (non-hydrogen) atoms. The molecule has 0 amide bonds. The van der Waals surface area contributed by atoms with Crippen LogP contribution in [0.25, 0.3) is 0 Å². The van der Waals surface area contributed by atoms with Gasteiger partial charge in [-0.05, 0) is 109 Å². The van der Waals surface area contributed by atoms with E-state index in [1.165, 1.54) is 116 Å². The molecular weight excluding hydrogens is 937 g/mol. The number of rotatable bonds is 56. The number of hydrogen-bond donors (Lipinski definition) is 0. The van der Waals surface area contributed by atoms with Crippen LogP contribution in [0.5, 0.6) is 0 Å². The maximum atomic E-state index is 12.8. The van der Waals surface area contributed by atoms with Crippen molar-refractivity contribution < 1.29 is 28.6 Å². The largest absolute Gasteiger partial charge is 0.462 e. The first-order chi connectivity index (χ1) is 37.5. The number of carbonyl (C=O) groups is 3. The zero-order valence-electron chi connectivity index (χ0n) is 49.5. The summed E-state index contributed by atoms with van der Waals surface area (Å²) in [5.41, 5.74) is 0. The van der Waals surface area contributed by atoms with Gasteiger partial charge in [-0.3, -0.25) is 14.4 Å². The lowest BCUT2D eigenvalue weighted by molar-refractivity contribution is -0.167. The lowest BCUT2D eigenvalue weighted by Gasteiger charge is -2.18. The molecule has 432 valence electrons. The summed E-state index contributed by atoms with van der Waals surface area (Å²) in [4.78, 5) is 38.0. The Kier molecular flexibility index (Phi) is 59.9. The summed E-state index contributed by atoms with van der Waals surface area (Å²) in [6.45, 7) is 6.35. The van der Waals surface area contributed by atoms with E-state index in [9.17, 15) is 14.4 Å². The molecule has 0 heterocycles. The maximum absolute atomic E-state index is 12.8. The monoisotopic (exact) mass is 1050 g/mol. The number of esters is 3. The standard InChI is InChI=1S/C70H116O6/c1-4-7-10-13-16-18-20-22-24-26-28-30-31-32-33-34-35-36-37-38-39-41-42-44-46-48-50-52-54-57-60-63-69(72)75-66-67(65-74-68(71)62-59-56-15-12-9-6-3)76-70(73)64-61-58-55-53-51-49-47-45-43-40-29-27-25-23-21-19-17-14-11-8-5-2/h7-8,10-11,16-19,22-25,28-30,32-33,35-36,40,67H,4-6,9,12-15,20-21,26-27,31,34,37-39,41-66H2,1-3H3/b10-7-,11-8-,18-16-,19-17-,24-22-,25-23-,30-28-,33-32-,36-35-,40-29-. The Morgan fingerprint density at radius 1 is 0.276 bits per heavy atom. The van der Waals surface area contributed by atoms with Gasteiger partial charge in [0, 0.05) is 19.3 Å². The van der Waals surface area contributed by atoms with Crippen molar-refractivity contribution in [1.29, 1.82) is 0 Å². The molecule has 0 aliphatic rings. The Bertz CT molecular complexity index is 1590. The van der Waals surface area contributed by atoms with Crippen molar-refractivity contribution in [2.24, 2.45) is 0 Å². The minimum Gasteiger partial charge on any atom is -0.462 e. The van der Waals surface area contributed by atoms with Crippen LogP contribution in [0.2, 0.25) is 0 Å². The van der Waals surface area contributed by atoms with E-state index in [4.69, 9.17) is 14.2 Å². The van der Waals surface area contributed by atoms with E-state index in [0.29, 0.717) is 19.3 Å². The quantitative estimate of drug-likeness (QED) is 0.0261. The van der Waals surface area contributed by atoms with Gasteiger partial charge in [0.25, 0.3) is 0 Å². The Morgan fingerprint density at radius 2 is 0.513 bits per heavy atom. The van der Waals surface area contributed by atoms with Crippen molar-refractivity contribution in [2.45, 2.75) is 290 Å². The molecule has 0 saturated carbocycles. The van der Waals surface area contributed by atoms with E-state index < -0.39 is 6.10 Å². The van der Waals surface area contributed by atoms with E-state index in [2.05, 4.69) is 142 Å². The second kappa shape index (κ2) is 63.3. The molecule has 6 heteroatoms. The summed E-state index contributed by atoms with van der Waals surface area (Å²) < 4.78 is 16.8. The molecule has 0 saturated heterocycles. The third-order valence-corrected chi connectivity index (χ3v) is 13.2. The predicted octanol–water partition coefficient (Wildman–Crippen LogP) is 21.6. The highest BCUT2D eigenvalue weighted by Gasteiger charge is 2.19. The van der Waals surface area contributed by atoms with E-state index in [-0.39, 0.29) is 31.1 Å². The van der Waals surface area contributed by atoms with E-state index in [0.717, 1.165) is 128 Å². The lowest BCUT2D eigenvalue weighted by atomic mass is 10.0. The van der Waals surface area contributed by atoms with Crippen molar-refractivity contribution >= 4 is 17.9 Å². The Labute approximate surface area is 469 Å². The summed E-state index contributed by atoms with van der Waals surface area (Å²) in [5.74, 6) is -0.899. The molecule has 1 unspecified atom stereocenters. The highest BCUT2D eigenvalue weighted by Crippen LogP contribution is 2.16. The summed E-state index contributed by atoms with van der Waals surface area (Å²) in [6.07, 6.45) is 88.1. The second-order valence-corrected chi connectivity index (χ2v) is 20.6. The van der Waals surface area contributed by atoms with Gasteiger partial charge in [0.05, 0.1) is 0 Å². The van der Waals surface area contributed by atoms with E-state index in [1.54, 1.807) is 0 Å². The van der Waals surface area contributed by atoms with Crippen LogP contribution < -0.4 is 0 Å². The Morgan fingerprint density at radius 3 is 0.803 bits per heavy atom. The second-order valence-electron chi connectivity index (χ2n) is 20.6. The summed E-state index contributed by atoms with van der Waals surface area (Å²) >= 11 is 0. The zero-order chi connectivity index (χ0) is 55.0. The maximum Gasteiger partial charge on any atom is 0.306 e. The molecule has 0 spiro atoms. The molecule has 0 N–H and O–H groups in total. The SMILES string of the molecule is CC/C=C\C/C=C\C/C=C\C/C=C\C/C=C\C/C=C\CCCCCCCCCCCCCCC(=O)OCC(COC(=O)CCCCCCCC)OC(=O)CCCCCCCCCC/C=C\C/C=C\C/C=C\C/C=C\CC. The van der Waals surface area contributed by atoms with Crippen LogP contribution in [-0.4, -0.2) is 37.2 Å². The molecule has 1 atom stereocenters. The van der Waals surface area contributed by atoms with Crippen LogP contribution in [0.3, 0.4) is 0 Å². The van der Waals surface area contributed by atoms with Crippen molar-refractivity contribution in [3.05, 3.63) is 122 Å². The number of hydrogen-bond acceptors (Lipinski definition) is 6. The summed E-state index contributed by atoms with van der Waals surface area (Å²) in [5, 5.41) is 0. The van der Waals surface area contributed by atoms with Gasteiger partial charge in [-0.15, -0.1) is 0 Å². The fourth-order valence-electron chi connectivity index (χ4n) is 8.56. The average molecular weight is 1050 g/mol. The van der Waals surface area contributed by atoms with Gasteiger partial charge < -0.3 is 14.2 Å². The summed E-state index contributed by atoms with van der Waals surface area (Å²) in [6, 6.07) is 0. The number of allylic oxidation sites excluding steroid dienone is 20. The smallest absolute Gasteiger partial charge is 0.306 e.